The lowest BCUT2D eigenvalue weighted by Crippen LogP contribution is -2.20. The van der Waals surface area contributed by atoms with Gasteiger partial charge in [-0.3, -0.25) is 0 Å². The Labute approximate surface area is 223 Å². The Morgan fingerprint density at radius 3 is 2.24 bits per heavy atom. The number of phenols is 2. The van der Waals surface area contributed by atoms with Crippen molar-refractivity contribution in [2.24, 2.45) is 0 Å². The second-order valence-electron chi connectivity index (χ2n) is 9.77. The fraction of sp³-hybridized carbons (Fsp3) is 0.419. The van der Waals surface area contributed by atoms with E-state index in [1.165, 1.54) is 24.1 Å². The number of unbranched alkanes of at least 4 members (excludes halogenated alkanes) is 3. The zero-order chi connectivity index (χ0) is 27.4. The molecule has 0 radical (unpaired) electrons. The number of rotatable bonds is 15. The van der Waals surface area contributed by atoms with Crippen LogP contribution in [0.15, 0.2) is 66.7 Å². The van der Waals surface area contributed by atoms with Gasteiger partial charge in [0.05, 0.1) is 5.56 Å². The summed E-state index contributed by atoms with van der Waals surface area (Å²) in [5.41, 5.74) is 2.63. The summed E-state index contributed by atoms with van der Waals surface area (Å²) in [6, 6.07) is 19.3. The zero-order valence-electron chi connectivity index (χ0n) is 22.0. The smallest absolute Gasteiger partial charge is 0.416 e. The third kappa shape index (κ3) is 9.37. The summed E-state index contributed by atoms with van der Waals surface area (Å²) in [5.74, 6) is -0.405. The highest BCUT2D eigenvalue weighted by atomic mass is 19.4. The Morgan fingerprint density at radius 2 is 1.50 bits per heavy atom. The van der Waals surface area contributed by atoms with E-state index in [0.29, 0.717) is 36.4 Å². The summed E-state index contributed by atoms with van der Waals surface area (Å²) in [5, 5.41) is 27.4. The van der Waals surface area contributed by atoms with Crippen molar-refractivity contribution in [2.75, 3.05) is 19.6 Å². The van der Waals surface area contributed by atoms with E-state index in [2.05, 4.69) is 41.8 Å². The lowest BCUT2D eigenvalue weighted by molar-refractivity contribution is -0.137. The van der Waals surface area contributed by atoms with Gasteiger partial charge in [0.15, 0.2) is 11.5 Å². The summed E-state index contributed by atoms with van der Waals surface area (Å²) in [6.45, 7) is 4.80. The first-order valence-corrected chi connectivity index (χ1v) is 13.4. The van der Waals surface area contributed by atoms with Gasteiger partial charge in [-0.2, -0.15) is 13.2 Å². The number of halogens is 3. The predicted octanol–water partition coefficient (Wildman–Crippen LogP) is 6.95. The van der Waals surface area contributed by atoms with Crippen LogP contribution in [0.3, 0.4) is 0 Å². The van der Waals surface area contributed by atoms with E-state index in [9.17, 15) is 23.4 Å². The third-order valence-electron chi connectivity index (χ3n) is 6.88. The van der Waals surface area contributed by atoms with Gasteiger partial charge >= 0.3 is 6.18 Å². The highest BCUT2D eigenvalue weighted by molar-refractivity contribution is 5.49. The van der Waals surface area contributed by atoms with Crippen LogP contribution in [0.1, 0.15) is 66.5 Å². The van der Waals surface area contributed by atoms with E-state index in [-0.39, 0.29) is 11.5 Å². The van der Waals surface area contributed by atoms with Crippen molar-refractivity contribution in [1.29, 1.82) is 0 Å². The number of benzene rings is 3. The monoisotopic (exact) mass is 528 g/mol. The molecule has 1 unspecified atom stereocenters. The molecule has 0 aliphatic rings. The highest BCUT2D eigenvalue weighted by Crippen LogP contribution is 2.33. The van der Waals surface area contributed by atoms with E-state index in [0.717, 1.165) is 56.6 Å². The molecule has 7 heteroatoms. The van der Waals surface area contributed by atoms with E-state index in [4.69, 9.17) is 0 Å². The molecule has 0 fully saturated rings. The molecule has 0 heterocycles. The van der Waals surface area contributed by atoms with Crippen LogP contribution >= 0.6 is 0 Å². The lowest BCUT2D eigenvalue weighted by Gasteiger charge is -2.14. The van der Waals surface area contributed by atoms with Gasteiger partial charge in [-0.1, -0.05) is 67.4 Å². The van der Waals surface area contributed by atoms with Crippen molar-refractivity contribution in [3.63, 3.8) is 0 Å². The quantitative estimate of drug-likeness (QED) is 0.127. The molecule has 0 amide bonds. The van der Waals surface area contributed by atoms with Gasteiger partial charge < -0.3 is 20.8 Å². The van der Waals surface area contributed by atoms with Crippen molar-refractivity contribution >= 4 is 0 Å². The Bertz CT molecular complexity index is 1120. The molecule has 38 heavy (non-hydrogen) atoms. The van der Waals surface area contributed by atoms with Crippen LogP contribution in [-0.2, 0) is 25.4 Å². The number of aryl methyl sites for hydroxylation is 1. The molecule has 3 aromatic carbocycles. The maximum absolute atomic E-state index is 13.0. The number of nitrogens with one attached hydrogen (secondary N) is 2. The van der Waals surface area contributed by atoms with Crippen molar-refractivity contribution in [1.82, 2.24) is 10.6 Å². The Morgan fingerprint density at radius 1 is 0.763 bits per heavy atom. The molecular weight excluding hydrogens is 489 g/mol. The first kappa shape index (κ1) is 29.5. The Hall–Kier alpha value is -3.03. The molecule has 0 saturated heterocycles. The largest absolute Gasteiger partial charge is 0.504 e. The van der Waals surface area contributed by atoms with Gasteiger partial charge in [0, 0.05) is 11.6 Å². The minimum Gasteiger partial charge on any atom is -0.504 e. The first-order chi connectivity index (χ1) is 18.3. The second-order valence-corrected chi connectivity index (χ2v) is 9.77. The average Bonchev–Trinajstić information content (AvgIpc) is 2.91. The van der Waals surface area contributed by atoms with Crippen molar-refractivity contribution in [3.8, 4) is 11.5 Å². The molecule has 206 valence electrons. The lowest BCUT2D eigenvalue weighted by atomic mass is 9.96. The molecule has 0 bridgehead atoms. The SMILES string of the molecule is CC(NCCCCCCNCCc1ccc(O)c(O)c1CCc1cccc(C(F)(F)F)c1)c1ccccc1. The number of aromatic hydroxyl groups is 2. The van der Waals surface area contributed by atoms with Gasteiger partial charge in [-0.15, -0.1) is 0 Å². The molecule has 4 N–H and O–H groups in total. The molecule has 0 spiro atoms. The second kappa shape index (κ2) is 14.8. The standard InChI is InChI=1S/C31H39F3N2O2/c1-23(25-11-5-4-6-12-25)36-20-8-3-2-7-19-35-21-18-26-15-17-29(37)30(38)28(26)16-14-24-10-9-13-27(22-24)31(32,33)34/h4-6,9-13,15,17,22-23,35-38H,2-3,7-8,14,16,18-21H2,1H3. The summed E-state index contributed by atoms with van der Waals surface area (Å²) >= 11 is 0. The van der Waals surface area contributed by atoms with E-state index in [1.54, 1.807) is 12.1 Å². The normalized spacial score (nSPS) is 12.5. The van der Waals surface area contributed by atoms with Crippen LogP contribution in [0.4, 0.5) is 13.2 Å². The van der Waals surface area contributed by atoms with Crippen molar-refractivity contribution in [2.45, 2.75) is 64.1 Å². The predicted molar refractivity (Wildman–Crippen MR) is 147 cm³/mol. The van der Waals surface area contributed by atoms with Crippen LogP contribution in [0.25, 0.3) is 0 Å². The summed E-state index contributed by atoms with van der Waals surface area (Å²) in [7, 11) is 0. The highest BCUT2D eigenvalue weighted by Gasteiger charge is 2.30. The molecule has 0 aliphatic heterocycles. The van der Waals surface area contributed by atoms with Crippen LogP contribution in [0.2, 0.25) is 0 Å². The van der Waals surface area contributed by atoms with Crippen LogP contribution < -0.4 is 10.6 Å². The zero-order valence-corrected chi connectivity index (χ0v) is 22.0. The van der Waals surface area contributed by atoms with Gasteiger partial charge in [0.25, 0.3) is 0 Å². The molecule has 1 atom stereocenters. The van der Waals surface area contributed by atoms with E-state index in [1.807, 2.05) is 6.07 Å². The molecule has 3 rings (SSSR count). The molecule has 0 aromatic heterocycles. The minimum atomic E-state index is -4.39. The number of hydrogen-bond donors (Lipinski definition) is 4. The topological polar surface area (TPSA) is 64.5 Å². The number of hydrogen-bond acceptors (Lipinski definition) is 4. The minimum absolute atomic E-state index is 0.190. The number of alkyl halides is 3. The van der Waals surface area contributed by atoms with E-state index >= 15 is 0 Å². The van der Waals surface area contributed by atoms with Gasteiger partial charge in [0.2, 0.25) is 0 Å². The molecule has 0 saturated carbocycles. The van der Waals surface area contributed by atoms with Crippen LogP contribution in [0.5, 0.6) is 11.5 Å². The van der Waals surface area contributed by atoms with Gasteiger partial charge in [-0.05, 0) is 87.5 Å². The van der Waals surface area contributed by atoms with E-state index < -0.39 is 11.7 Å². The summed E-state index contributed by atoms with van der Waals surface area (Å²) < 4.78 is 39.1. The molecule has 0 aliphatic carbocycles. The Kier molecular flexibility index (Phi) is 11.5. The first-order valence-electron chi connectivity index (χ1n) is 13.4. The molecule has 3 aromatic rings. The molecule has 4 nitrogen and oxygen atoms in total. The fourth-order valence-corrected chi connectivity index (χ4v) is 4.61. The van der Waals surface area contributed by atoms with Crippen LogP contribution in [0, 0.1) is 0 Å². The molecular formula is C31H39F3N2O2. The van der Waals surface area contributed by atoms with Crippen molar-refractivity contribution in [3.05, 3.63) is 94.5 Å². The summed E-state index contributed by atoms with van der Waals surface area (Å²) in [6.07, 6.45) is 1.48. The summed E-state index contributed by atoms with van der Waals surface area (Å²) in [4.78, 5) is 0. The maximum Gasteiger partial charge on any atom is 0.416 e. The number of phenolic OH excluding ortho intramolecular Hbond substituents is 2. The maximum atomic E-state index is 13.0. The average molecular weight is 529 g/mol. The van der Waals surface area contributed by atoms with Gasteiger partial charge in [-0.25, -0.2) is 0 Å². The fourth-order valence-electron chi connectivity index (χ4n) is 4.61. The Balaban J connectivity index is 1.36. The van der Waals surface area contributed by atoms with Crippen LogP contribution in [-0.4, -0.2) is 29.8 Å². The third-order valence-corrected chi connectivity index (χ3v) is 6.88. The van der Waals surface area contributed by atoms with Gasteiger partial charge in [0.1, 0.15) is 0 Å². The van der Waals surface area contributed by atoms with Crippen molar-refractivity contribution < 1.29 is 23.4 Å².